The maximum atomic E-state index is 11.9. The standard InChI is InChI=1S/C12H9IN2OS/c13-10-4-2-9(3-5-10)11(16)8-17-12-14-6-1-7-15-12/h1-7H,8H2. The number of thioether (sulfide) groups is 1. The second kappa shape index (κ2) is 6.11. The summed E-state index contributed by atoms with van der Waals surface area (Å²) in [6.45, 7) is 0. The molecule has 5 heteroatoms. The second-order valence-electron chi connectivity index (χ2n) is 3.25. The zero-order chi connectivity index (χ0) is 12.1. The summed E-state index contributed by atoms with van der Waals surface area (Å²) in [5.74, 6) is 0.462. The minimum Gasteiger partial charge on any atom is -0.293 e. The lowest BCUT2D eigenvalue weighted by Crippen LogP contribution is -2.02. The van der Waals surface area contributed by atoms with Crippen molar-refractivity contribution in [2.24, 2.45) is 0 Å². The molecule has 2 rings (SSSR count). The number of halogens is 1. The number of ketones is 1. The quantitative estimate of drug-likeness (QED) is 0.366. The first-order valence-electron chi connectivity index (χ1n) is 4.94. The topological polar surface area (TPSA) is 42.9 Å². The predicted octanol–water partition coefficient (Wildman–Crippen LogP) is 3.06. The fraction of sp³-hybridized carbons (Fsp3) is 0.0833. The summed E-state index contributed by atoms with van der Waals surface area (Å²) < 4.78 is 1.12. The average Bonchev–Trinajstić information content (AvgIpc) is 2.38. The lowest BCUT2D eigenvalue weighted by atomic mass is 10.2. The van der Waals surface area contributed by atoms with E-state index in [9.17, 15) is 4.79 Å². The first kappa shape index (κ1) is 12.5. The van der Waals surface area contributed by atoms with Crippen LogP contribution in [0, 0.1) is 3.57 Å². The molecule has 0 unspecified atom stereocenters. The zero-order valence-electron chi connectivity index (χ0n) is 8.84. The molecule has 1 aromatic carbocycles. The highest BCUT2D eigenvalue weighted by molar-refractivity contribution is 14.1. The molecular weight excluding hydrogens is 347 g/mol. The van der Waals surface area contributed by atoms with E-state index in [1.165, 1.54) is 11.8 Å². The molecule has 0 fully saturated rings. The van der Waals surface area contributed by atoms with Crippen LogP contribution in [0.4, 0.5) is 0 Å². The molecule has 0 aliphatic rings. The smallest absolute Gasteiger partial charge is 0.187 e. The molecule has 0 spiro atoms. The molecule has 1 aromatic heterocycles. The van der Waals surface area contributed by atoms with Crippen LogP contribution in [-0.4, -0.2) is 21.5 Å². The van der Waals surface area contributed by atoms with Gasteiger partial charge in [-0.2, -0.15) is 0 Å². The Morgan fingerprint density at radius 1 is 1.18 bits per heavy atom. The number of hydrogen-bond donors (Lipinski definition) is 0. The zero-order valence-corrected chi connectivity index (χ0v) is 11.8. The molecule has 0 aliphatic heterocycles. The monoisotopic (exact) mass is 356 g/mol. The van der Waals surface area contributed by atoms with Crippen molar-refractivity contribution in [3.8, 4) is 0 Å². The van der Waals surface area contributed by atoms with Crippen molar-refractivity contribution in [2.45, 2.75) is 5.16 Å². The summed E-state index contributed by atoms with van der Waals surface area (Å²) in [5, 5.41) is 0.631. The summed E-state index contributed by atoms with van der Waals surface area (Å²) >= 11 is 3.57. The second-order valence-corrected chi connectivity index (χ2v) is 5.44. The first-order chi connectivity index (χ1) is 8.25. The van der Waals surface area contributed by atoms with E-state index in [2.05, 4.69) is 32.6 Å². The molecule has 2 aromatic rings. The van der Waals surface area contributed by atoms with Gasteiger partial charge in [-0.1, -0.05) is 23.9 Å². The van der Waals surface area contributed by atoms with E-state index in [1.54, 1.807) is 18.5 Å². The van der Waals surface area contributed by atoms with Gasteiger partial charge in [-0.15, -0.1) is 0 Å². The van der Waals surface area contributed by atoms with Gasteiger partial charge in [0, 0.05) is 21.5 Å². The first-order valence-corrected chi connectivity index (χ1v) is 7.01. The summed E-state index contributed by atoms with van der Waals surface area (Å²) in [6.07, 6.45) is 3.34. The molecule has 0 aliphatic carbocycles. The van der Waals surface area contributed by atoms with Crippen LogP contribution < -0.4 is 0 Å². The fourth-order valence-electron chi connectivity index (χ4n) is 1.21. The number of carbonyl (C=O) groups is 1. The minimum absolute atomic E-state index is 0.0962. The van der Waals surface area contributed by atoms with Crippen LogP contribution in [0.1, 0.15) is 10.4 Å². The van der Waals surface area contributed by atoms with E-state index in [-0.39, 0.29) is 5.78 Å². The number of aromatic nitrogens is 2. The highest BCUT2D eigenvalue weighted by atomic mass is 127. The predicted molar refractivity (Wildman–Crippen MR) is 76.2 cm³/mol. The van der Waals surface area contributed by atoms with Crippen molar-refractivity contribution < 1.29 is 4.79 Å². The van der Waals surface area contributed by atoms with Gasteiger partial charge in [0.15, 0.2) is 10.9 Å². The highest BCUT2D eigenvalue weighted by Crippen LogP contribution is 2.14. The molecule has 0 saturated heterocycles. The van der Waals surface area contributed by atoms with Gasteiger partial charge >= 0.3 is 0 Å². The maximum Gasteiger partial charge on any atom is 0.187 e. The number of rotatable bonds is 4. The normalized spacial score (nSPS) is 10.2. The van der Waals surface area contributed by atoms with Crippen LogP contribution in [0.3, 0.4) is 0 Å². The molecular formula is C12H9IN2OS. The summed E-state index contributed by atoms with van der Waals surface area (Å²) in [6, 6.07) is 9.30. The number of nitrogens with zero attached hydrogens (tertiary/aromatic N) is 2. The molecule has 3 nitrogen and oxygen atoms in total. The Morgan fingerprint density at radius 3 is 2.47 bits per heavy atom. The molecule has 0 N–H and O–H groups in total. The van der Waals surface area contributed by atoms with Gasteiger partial charge < -0.3 is 0 Å². The van der Waals surface area contributed by atoms with Gasteiger partial charge in [0.05, 0.1) is 5.75 Å². The number of benzene rings is 1. The van der Waals surface area contributed by atoms with E-state index in [0.29, 0.717) is 10.9 Å². The van der Waals surface area contributed by atoms with Crippen LogP contribution in [0.25, 0.3) is 0 Å². The van der Waals surface area contributed by atoms with E-state index in [1.807, 2.05) is 24.3 Å². The lowest BCUT2D eigenvalue weighted by molar-refractivity contribution is 0.102. The van der Waals surface area contributed by atoms with Gasteiger partial charge in [0.2, 0.25) is 0 Å². The Balaban J connectivity index is 1.96. The Morgan fingerprint density at radius 2 is 1.82 bits per heavy atom. The molecule has 0 atom stereocenters. The van der Waals surface area contributed by atoms with Crippen LogP contribution in [0.5, 0.6) is 0 Å². The molecule has 17 heavy (non-hydrogen) atoms. The lowest BCUT2D eigenvalue weighted by Gasteiger charge is -2.00. The fourth-order valence-corrected chi connectivity index (χ4v) is 2.27. The van der Waals surface area contributed by atoms with Crippen molar-refractivity contribution in [1.82, 2.24) is 9.97 Å². The molecule has 1 heterocycles. The Bertz CT molecular complexity index is 502. The molecule has 0 bridgehead atoms. The maximum absolute atomic E-state index is 11.9. The van der Waals surface area contributed by atoms with Gasteiger partial charge in [0.25, 0.3) is 0 Å². The van der Waals surface area contributed by atoms with Crippen molar-refractivity contribution >= 4 is 40.1 Å². The van der Waals surface area contributed by atoms with Gasteiger partial charge in [-0.25, -0.2) is 9.97 Å². The van der Waals surface area contributed by atoms with Gasteiger partial charge in [0.1, 0.15) is 0 Å². The average molecular weight is 356 g/mol. The van der Waals surface area contributed by atoms with E-state index in [4.69, 9.17) is 0 Å². The molecule has 86 valence electrons. The van der Waals surface area contributed by atoms with Crippen LogP contribution in [-0.2, 0) is 0 Å². The van der Waals surface area contributed by atoms with E-state index < -0.39 is 0 Å². The molecule has 0 radical (unpaired) electrons. The number of carbonyl (C=O) groups excluding carboxylic acids is 1. The van der Waals surface area contributed by atoms with Gasteiger partial charge in [-0.3, -0.25) is 4.79 Å². The van der Waals surface area contributed by atoms with Crippen molar-refractivity contribution in [3.05, 3.63) is 51.9 Å². The molecule has 0 saturated carbocycles. The summed E-state index contributed by atoms with van der Waals surface area (Å²) in [5.41, 5.74) is 0.730. The van der Waals surface area contributed by atoms with Crippen molar-refractivity contribution in [1.29, 1.82) is 0 Å². The van der Waals surface area contributed by atoms with Gasteiger partial charge in [-0.05, 0) is 40.8 Å². The molecule has 0 amide bonds. The largest absolute Gasteiger partial charge is 0.293 e. The van der Waals surface area contributed by atoms with E-state index in [0.717, 1.165) is 9.13 Å². The number of Topliss-reactive ketones (excluding diaryl/α,β-unsaturated/α-hetero) is 1. The van der Waals surface area contributed by atoms with Crippen molar-refractivity contribution in [3.63, 3.8) is 0 Å². The van der Waals surface area contributed by atoms with Crippen LogP contribution in [0.2, 0.25) is 0 Å². The summed E-state index contributed by atoms with van der Waals surface area (Å²) in [4.78, 5) is 20.0. The van der Waals surface area contributed by atoms with Crippen LogP contribution >= 0.6 is 34.4 Å². The third-order valence-electron chi connectivity index (χ3n) is 2.04. The SMILES string of the molecule is O=C(CSc1ncccn1)c1ccc(I)cc1. The van der Waals surface area contributed by atoms with E-state index >= 15 is 0 Å². The van der Waals surface area contributed by atoms with Crippen LogP contribution in [0.15, 0.2) is 47.9 Å². The minimum atomic E-state index is 0.0962. The Hall–Kier alpha value is -0.950. The third kappa shape index (κ3) is 3.78. The Labute approximate surface area is 117 Å². The van der Waals surface area contributed by atoms with Crippen molar-refractivity contribution in [2.75, 3.05) is 5.75 Å². The third-order valence-corrected chi connectivity index (χ3v) is 3.64. The highest BCUT2D eigenvalue weighted by Gasteiger charge is 2.07. The summed E-state index contributed by atoms with van der Waals surface area (Å²) in [7, 11) is 0. The Kier molecular flexibility index (Phi) is 4.49. The number of hydrogen-bond acceptors (Lipinski definition) is 4.